The Morgan fingerprint density at radius 1 is 1.40 bits per heavy atom. The minimum absolute atomic E-state index is 0.0737. The van der Waals surface area contributed by atoms with E-state index in [-0.39, 0.29) is 17.5 Å². The molecule has 0 aromatic carbocycles. The minimum atomic E-state index is -0.506. The summed E-state index contributed by atoms with van der Waals surface area (Å²) in [5.74, 6) is -0.268. The molecular formula is C16H20N4O3S2. The van der Waals surface area contributed by atoms with Gasteiger partial charge in [-0.1, -0.05) is 11.8 Å². The zero-order valence-corrected chi connectivity index (χ0v) is 16.2. The first-order valence-corrected chi connectivity index (χ1v) is 9.81. The average molecular weight is 380 g/mol. The van der Waals surface area contributed by atoms with Gasteiger partial charge >= 0.3 is 6.03 Å². The van der Waals surface area contributed by atoms with Gasteiger partial charge in [-0.3, -0.25) is 19.1 Å². The Hall–Kier alpha value is -1.87. The van der Waals surface area contributed by atoms with Gasteiger partial charge < -0.3 is 5.32 Å². The number of amides is 3. The van der Waals surface area contributed by atoms with Crippen LogP contribution < -0.4 is 10.9 Å². The molecule has 1 saturated heterocycles. The van der Waals surface area contributed by atoms with Crippen LogP contribution in [-0.4, -0.2) is 44.7 Å². The Morgan fingerprint density at radius 2 is 2.12 bits per heavy atom. The smallest absolute Gasteiger partial charge is 0.324 e. The molecule has 0 spiro atoms. The van der Waals surface area contributed by atoms with Gasteiger partial charge in [0.2, 0.25) is 5.91 Å². The molecule has 134 valence electrons. The van der Waals surface area contributed by atoms with Crippen LogP contribution in [0.4, 0.5) is 4.79 Å². The van der Waals surface area contributed by atoms with E-state index < -0.39 is 5.25 Å². The highest BCUT2D eigenvalue weighted by Gasteiger charge is 2.31. The molecule has 0 bridgehead atoms. The monoisotopic (exact) mass is 380 g/mol. The molecule has 9 heteroatoms. The summed E-state index contributed by atoms with van der Waals surface area (Å²) in [7, 11) is 0. The van der Waals surface area contributed by atoms with Crippen molar-refractivity contribution in [3.8, 4) is 0 Å². The second-order valence-corrected chi connectivity index (χ2v) is 8.40. The molecule has 0 radical (unpaired) electrons. The maximum atomic E-state index is 12.8. The third kappa shape index (κ3) is 3.06. The third-order valence-electron chi connectivity index (χ3n) is 4.32. The van der Waals surface area contributed by atoms with E-state index >= 15 is 0 Å². The minimum Gasteiger partial charge on any atom is -0.336 e. The first-order chi connectivity index (χ1) is 11.8. The van der Waals surface area contributed by atoms with Crippen molar-refractivity contribution in [3.63, 3.8) is 0 Å². The Morgan fingerprint density at radius 3 is 2.72 bits per heavy atom. The van der Waals surface area contributed by atoms with Crippen LogP contribution in [0.15, 0.2) is 9.95 Å². The van der Waals surface area contributed by atoms with Crippen molar-refractivity contribution >= 4 is 45.3 Å². The fourth-order valence-corrected chi connectivity index (χ4v) is 4.89. The quantitative estimate of drug-likeness (QED) is 0.649. The van der Waals surface area contributed by atoms with E-state index in [9.17, 15) is 14.4 Å². The number of thiophene rings is 1. The normalized spacial score (nSPS) is 15.7. The number of thioether (sulfide) groups is 1. The van der Waals surface area contributed by atoms with E-state index in [1.807, 2.05) is 20.8 Å². The maximum absolute atomic E-state index is 12.8. The molecule has 0 saturated carbocycles. The number of carbonyl (C=O) groups is 2. The van der Waals surface area contributed by atoms with Crippen LogP contribution >= 0.6 is 23.1 Å². The number of fused-ring (bicyclic) bond motifs is 1. The summed E-state index contributed by atoms with van der Waals surface area (Å²) >= 11 is 2.71. The molecule has 1 fully saturated rings. The molecule has 1 N–H and O–H groups in total. The van der Waals surface area contributed by atoms with E-state index in [0.29, 0.717) is 35.0 Å². The average Bonchev–Trinajstić information content (AvgIpc) is 3.11. The lowest BCUT2D eigenvalue weighted by Gasteiger charge is -2.18. The van der Waals surface area contributed by atoms with Gasteiger partial charge in [0.05, 0.1) is 10.6 Å². The number of aryl methyl sites for hydroxylation is 2. The number of aromatic nitrogens is 2. The molecule has 0 aliphatic carbocycles. The topological polar surface area (TPSA) is 84.3 Å². The molecule has 1 atom stereocenters. The van der Waals surface area contributed by atoms with Crippen LogP contribution in [0.3, 0.4) is 0 Å². The first-order valence-electron chi connectivity index (χ1n) is 8.11. The predicted octanol–water partition coefficient (Wildman–Crippen LogP) is 2.13. The molecule has 0 unspecified atom stereocenters. The van der Waals surface area contributed by atoms with Crippen LogP contribution in [-0.2, 0) is 11.3 Å². The van der Waals surface area contributed by atoms with Gasteiger partial charge in [0.1, 0.15) is 4.83 Å². The Bertz CT molecular complexity index is 918. The van der Waals surface area contributed by atoms with Gasteiger partial charge in [-0.15, -0.1) is 11.3 Å². The maximum Gasteiger partial charge on any atom is 0.324 e. The number of rotatable bonds is 4. The number of nitrogens with one attached hydrogen (secondary N) is 1. The molecule has 2 aromatic rings. The molecule has 1 aliphatic heterocycles. The number of imide groups is 1. The van der Waals surface area contributed by atoms with Crippen molar-refractivity contribution in [1.82, 2.24) is 19.8 Å². The summed E-state index contributed by atoms with van der Waals surface area (Å²) < 4.78 is 1.60. The zero-order valence-electron chi connectivity index (χ0n) is 14.6. The van der Waals surface area contributed by atoms with E-state index in [2.05, 4.69) is 10.3 Å². The lowest BCUT2D eigenvalue weighted by molar-refractivity contribution is -0.126. The molecule has 25 heavy (non-hydrogen) atoms. The molecule has 1 aliphatic rings. The number of hydrogen-bond donors (Lipinski definition) is 1. The molecular weight excluding hydrogens is 360 g/mol. The molecule has 3 heterocycles. The summed E-state index contributed by atoms with van der Waals surface area (Å²) in [6.07, 6.45) is 0. The molecule has 2 aromatic heterocycles. The van der Waals surface area contributed by atoms with Crippen molar-refractivity contribution < 1.29 is 9.59 Å². The van der Waals surface area contributed by atoms with Crippen LogP contribution in [0.25, 0.3) is 10.2 Å². The van der Waals surface area contributed by atoms with Crippen LogP contribution in [0.1, 0.15) is 24.3 Å². The van der Waals surface area contributed by atoms with Gasteiger partial charge in [0, 0.05) is 24.5 Å². The first kappa shape index (κ1) is 17.9. The van der Waals surface area contributed by atoms with Crippen molar-refractivity contribution in [3.05, 3.63) is 20.8 Å². The standard InChI is InChI=1S/C16H20N4O3S2/c1-5-19-14(22)11-8(2)9(3)24-12(11)18-16(19)25-10(4)13(21)20-7-6-17-15(20)23/h10H,5-7H2,1-4H3,(H,17,23)/t10-/m1/s1. The van der Waals surface area contributed by atoms with Crippen molar-refractivity contribution in [2.75, 3.05) is 13.1 Å². The molecule has 3 rings (SSSR count). The van der Waals surface area contributed by atoms with Crippen molar-refractivity contribution in [1.29, 1.82) is 0 Å². The van der Waals surface area contributed by atoms with Gasteiger partial charge in [0.25, 0.3) is 5.56 Å². The SMILES string of the molecule is CCn1c(S[C@H](C)C(=O)N2CCNC2=O)nc2sc(C)c(C)c2c1=O. The summed E-state index contributed by atoms with van der Waals surface area (Å²) in [4.78, 5) is 44.6. The largest absolute Gasteiger partial charge is 0.336 e. The Labute approximate surface area is 153 Å². The fourth-order valence-electron chi connectivity index (χ4n) is 2.79. The van der Waals surface area contributed by atoms with E-state index in [4.69, 9.17) is 0 Å². The van der Waals surface area contributed by atoms with Crippen LogP contribution in [0, 0.1) is 13.8 Å². The second-order valence-electron chi connectivity index (χ2n) is 5.89. The van der Waals surface area contributed by atoms with Gasteiger partial charge in [-0.2, -0.15) is 0 Å². The summed E-state index contributed by atoms with van der Waals surface area (Å²) in [6.45, 7) is 8.85. The number of carbonyl (C=O) groups excluding carboxylic acids is 2. The molecule has 3 amide bonds. The van der Waals surface area contributed by atoms with Gasteiger partial charge in [0.15, 0.2) is 5.16 Å². The van der Waals surface area contributed by atoms with Crippen LogP contribution in [0.5, 0.6) is 0 Å². The third-order valence-corrected chi connectivity index (χ3v) is 6.50. The second kappa shape index (κ2) is 6.80. The van der Waals surface area contributed by atoms with Crippen molar-refractivity contribution in [2.45, 2.75) is 44.6 Å². The van der Waals surface area contributed by atoms with E-state index in [0.717, 1.165) is 10.4 Å². The highest BCUT2D eigenvalue weighted by atomic mass is 32.2. The van der Waals surface area contributed by atoms with Gasteiger partial charge in [-0.05, 0) is 33.3 Å². The highest BCUT2D eigenvalue weighted by Crippen LogP contribution is 2.30. The Balaban J connectivity index is 1.96. The number of urea groups is 1. The number of nitrogens with zero attached hydrogens (tertiary/aromatic N) is 3. The van der Waals surface area contributed by atoms with Gasteiger partial charge in [-0.25, -0.2) is 9.78 Å². The number of hydrogen-bond acceptors (Lipinski definition) is 6. The summed E-state index contributed by atoms with van der Waals surface area (Å²) in [6, 6.07) is -0.363. The lowest BCUT2D eigenvalue weighted by Crippen LogP contribution is -2.39. The Kier molecular flexibility index (Phi) is 4.88. The zero-order chi connectivity index (χ0) is 18.3. The summed E-state index contributed by atoms with van der Waals surface area (Å²) in [5, 5.41) is 3.29. The summed E-state index contributed by atoms with van der Waals surface area (Å²) in [5.41, 5.74) is 0.893. The predicted molar refractivity (Wildman–Crippen MR) is 99.5 cm³/mol. The molecule has 7 nitrogen and oxygen atoms in total. The van der Waals surface area contributed by atoms with Crippen LogP contribution in [0.2, 0.25) is 0 Å². The van der Waals surface area contributed by atoms with Crippen molar-refractivity contribution in [2.24, 2.45) is 0 Å². The lowest BCUT2D eigenvalue weighted by atomic mass is 10.2. The fraction of sp³-hybridized carbons (Fsp3) is 0.500. The van der Waals surface area contributed by atoms with E-state index in [1.54, 1.807) is 11.5 Å². The van der Waals surface area contributed by atoms with E-state index in [1.165, 1.54) is 28.0 Å². The highest BCUT2D eigenvalue weighted by molar-refractivity contribution is 8.00.